The van der Waals surface area contributed by atoms with E-state index in [9.17, 15) is 14.4 Å². The molecule has 2 N–H and O–H groups in total. The number of fused-ring (bicyclic) bond motifs is 2. The average Bonchev–Trinajstić information content (AvgIpc) is 3.49. The molecule has 3 aromatic rings. The van der Waals surface area contributed by atoms with E-state index in [2.05, 4.69) is 21.3 Å². The highest BCUT2D eigenvalue weighted by Crippen LogP contribution is 2.32. The summed E-state index contributed by atoms with van der Waals surface area (Å²) in [5.41, 5.74) is 3.58. The topological polar surface area (TPSA) is 94.7 Å². The van der Waals surface area contributed by atoms with E-state index in [1.807, 2.05) is 29.3 Å². The van der Waals surface area contributed by atoms with Gasteiger partial charge in [-0.2, -0.15) is 0 Å². The monoisotopic (exact) mass is 460 g/mol. The number of piperazine rings is 1. The molecule has 0 radical (unpaired) electrons. The summed E-state index contributed by atoms with van der Waals surface area (Å²) in [6.07, 6.45) is 3.62. The number of benzene rings is 2. The van der Waals surface area contributed by atoms with Crippen molar-refractivity contribution in [3.8, 4) is 5.75 Å². The highest BCUT2D eigenvalue weighted by atomic mass is 16.5. The summed E-state index contributed by atoms with van der Waals surface area (Å²) in [6, 6.07) is 13.4. The first kappa shape index (κ1) is 22.2. The third kappa shape index (κ3) is 4.68. The maximum Gasteiger partial charge on any atom is 0.226 e. The summed E-state index contributed by atoms with van der Waals surface area (Å²) >= 11 is 0. The number of rotatable bonds is 8. The van der Waals surface area contributed by atoms with Gasteiger partial charge < -0.3 is 19.9 Å². The molecule has 8 nitrogen and oxygen atoms in total. The Morgan fingerprint density at radius 1 is 1.06 bits per heavy atom. The van der Waals surface area contributed by atoms with Crippen LogP contribution in [0.25, 0.3) is 10.9 Å². The molecule has 5 rings (SSSR count). The van der Waals surface area contributed by atoms with E-state index in [0.29, 0.717) is 50.1 Å². The number of H-pyrrole nitrogens is 1. The Hall–Kier alpha value is -3.65. The first-order valence-corrected chi connectivity index (χ1v) is 11.7. The fourth-order valence-corrected chi connectivity index (χ4v) is 4.66. The predicted octanol–water partition coefficient (Wildman–Crippen LogP) is 2.85. The van der Waals surface area contributed by atoms with Crippen molar-refractivity contribution in [2.45, 2.75) is 25.5 Å². The van der Waals surface area contributed by atoms with Crippen LogP contribution in [0.5, 0.6) is 5.75 Å². The minimum atomic E-state index is -0.693. The van der Waals surface area contributed by atoms with Crippen molar-refractivity contribution in [3.63, 3.8) is 0 Å². The molecule has 0 bridgehead atoms. The summed E-state index contributed by atoms with van der Waals surface area (Å²) < 4.78 is 5.46. The molecule has 1 saturated heterocycles. The first-order chi connectivity index (χ1) is 16.6. The number of carbonyl (C=O) groups is 3. The average molecular weight is 461 g/mol. The van der Waals surface area contributed by atoms with Gasteiger partial charge in [-0.25, -0.2) is 0 Å². The molecule has 8 heteroatoms. The summed E-state index contributed by atoms with van der Waals surface area (Å²) in [6.45, 7) is 3.57. The smallest absolute Gasteiger partial charge is 0.226 e. The number of ketones is 1. The molecule has 0 aliphatic carbocycles. The number of aromatic nitrogens is 1. The zero-order valence-electron chi connectivity index (χ0n) is 19.0. The number of aromatic amines is 1. The van der Waals surface area contributed by atoms with Crippen LogP contribution in [0.15, 0.2) is 48.7 Å². The second kappa shape index (κ2) is 9.69. The third-order valence-corrected chi connectivity index (χ3v) is 6.64. The lowest BCUT2D eigenvalue weighted by Gasteiger charge is -2.34. The van der Waals surface area contributed by atoms with Crippen molar-refractivity contribution in [2.24, 2.45) is 0 Å². The van der Waals surface area contributed by atoms with Crippen LogP contribution in [0.4, 0.5) is 5.69 Å². The number of carbonyl (C=O) groups excluding carboxylic acids is 3. The van der Waals surface area contributed by atoms with E-state index < -0.39 is 6.23 Å². The van der Waals surface area contributed by atoms with Crippen LogP contribution in [0.3, 0.4) is 0 Å². The number of nitrogens with zero attached hydrogens (tertiary/aromatic N) is 2. The van der Waals surface area contributed by atoms with Gasteiger partial charge in [0.25, 0.3) is 0 Å². The van der Waals surface area contributed by atoms with Gasteiger partial charge in [0.05, 0.1) is 5.69 Å². The lowest BCUT2D eigenvalue weighted by molar-refractivity contribution is -0.132. The van der Waals surface area contributed by atoms with Gasteiger partial charge in [0.1, 0.15) is 5.75 Å². The molecule has 176 valence electrons. The molecule has 1 fully saturated rings. The number of ether oxygens (including phenoxy) is 1. The number of aryl methyl sites for hydroxylation is 1. The molecule has 0 spiro atoms. The summed E-state index contributed by atoms with van der Waals surface area (Å²) in [5.74, 6) is 0.752. The van der Waals surface area contributed by atoms with Crippen LogP contribution in [0.1, 0.15) is 28.8 Å². The lowest BCUT2D eigenvalue weighted by Crippen LogP contribution is -2.49. The number of hydrogen-bond acceptors (Lipinski definition) is 6. The van der Waals surface area contributed by atoms with Gasteiger partial charge in [-0.15, -0.1) is 0 Å². The minimum absolute atomic E-state index is 0.0400. The molecule has 1 aromatic heterocycles. The second-order valence-electron chi connectivity index (χ2n) is 8.78. The van der Waals surface area contributed by atoms with E-state index in [0.717, 1.165) is 30.7 Å². The molecule has 1 unspecified atom stereocenters. The fraction of sp³-hybridized carbons (Fsp3) is 0.346. The van der Waals surface area contributed by atoms with Gasteiger partial charge in [-0.05, 0) is 36.2 Å². The highest BCUT2D eigenvalue weighted by Gasteiger charge is 2.24. The van der Waals surface area contributed by atoms with Crippen molar-refractivity contribution in [1.82, 2.24) is 14.8 Å². The van der Waals surface area contributed by atoms with Gasteiger partial charge in [0, 0.05) is 68.2 Å². The zero-order chi connectivity index (χ0) is 23.5. The van der Waals surface area contributed by atoms with E-state index in [1.54, 1.807) is 18.2 Å². The van der Waals surface area contributed by atoms with Crippen molar-refractivity contribution in [3.05, 3.63) is 59.8 Å². The number of nitrogens with one attached hydrogen (secondary N) is 2. The van der Waals surface area contributed by atoms with Crippen molar-refractivity contribution >= 4 is 34.6 Å². The van der Waals surface area contributed by atoms with Crippen molar-refractivity contribution in [2.75, 3.05) is 38.0 Å². The Balaban J connectivity index is 1.06. The van der Waals surface area contributed by atoms with Crippen LogP contribution in [0, 0.1) is 0 Å². The largest absolute Gasteiger partial charge is 0.461 e. The Kier molecular flexibility index (Phi) is 6.31. The lowest BCUT2D eigenvalue weighted by atomic mass is 10.1. The number of anilines is 1. The van der Waals surface area contributed by atoms with Crippen LogP contribution in [-0.4, -0.2) is 71.7 Å². The molecular weight excluding hydrogens is 432 g/mol. The Labute approximate surface area is 197 Å². The van der Waals surface area contributed by atoms with Gasteiger partial charge in [0.2, 0.25) is 12.1 Å². The molecule has 3 heterocycles. The molecule has 2 aliphatic heterocycles. The SMILES string of the molecule is O=CC1Nc2ccc(C(=O)CCN3CCN(C(=O)CCc4c[nH]c5ccccc45)CC3)cc2O1. The molecule has 34 heavy (non-hydrogen) atoms. The number of hydrogen-bond donors (Lipinski definition) is 2. The highest BCUT2D eigenvalue weighted by molar-refractivity contribution is 5.97. The van der Waals surface area contributed by atoms with E-state index >= 15 is 0 Å². The second-order valence-corrected chi connectivity index (χ2v) is 8.78. The number of para-hydroxylation sites is 1. The summed E-state index contributed by atoms with van der Waals surface area (Å²) in [5, 5.41) is 4.11. The standard InChI is InChI=1S/C26H28N4O4/c31-17-25-28-22-7-5-18(15-24(22)34-25)23(32)9-10-29-11-13-30(14-12-29)26(33)8-6-19-16-27-21-4-2-1-3-20(19)21/h1-5,7,15-17,25,27-28H,6,8-14H2. The summed E-state index contributed by atoms with van der Waals surface area (Å²) in [4.78, 5) is 43.7. The first-order valence-electron chi connectivity index (χ1n) is 11.7. The molecule has 2 aromatic carbocycles. The Morgan fingerprint density at radius 2 is 1.88 bits per heavy atom. The quantitative estimate of drug-likeness (QED) is 0.397. The maximum absolute atomic E-state index is 12.7. The Bertz CT molecular complexity index is 1210. The van der Waals surface area contributed by atoms with Gasteiger partial charge >= 0.3 is 0 Å². The van der Waals surface area contributed by atoms with Gasteiger partial charge in [-0.1, -0.05) is 18.2 Å². The van der Waals surface area contributed by atoms with Crippen molar-refractivity contribution < 1.29 is 19.1 Å². The zero-order valence-corrected chi connectivity index (χ0v) is 19.0. The van der Waals surface area contributed by atoms with Crippen LogP contribution in [-0.2, 0) is 16.0 Å². The molecule has 2 aliphatic rings. The minimum Gasteiger partial charge on any atom is -0.461 e. The number of Topliss-reactive ketones (excluding diaryl/α,β-unsaturated/α-hetero) is 1. The summed E-state index contributed by atoms with van der Waals surface area (Å²) in [7, 11) is 0. The van der Waals surface area contributed by atoms with Crippen LogP contribution >= 0.6 is 0 Å². The molecule has 1 atom stereocenters. The molecule has 0 saturated carbocycles. The fourth-order valence-electron chi connectivity index (χ4n) is 4.66. The molecule has 1 amide bonds. The van der Waals surface area contributed by atoms with Crippen molar-refractivity contribution in [1.29, 1.82) is 0 Å². The van der Waals surface area contributed by atoms with Gasteiger partial charge in [-0.3, -0.25) is 19.3 Å². The third-order valence-electron chi connectivity index (χ3n) is 6.64. The normalized spacial score (nSPS) is 17.8. The van der Waals surface area contributed by atoms with E-state index in [-0.39, 0.29) is 11.7 Å². The number of amides is 1. The maximum atomic E-state index is 12.7. The van der Waals surface area contributed by atoms with Crippen LogP contribution in [0.2, 0.25) is 0 Å². The van der Waals surface area contributed by atoms with Gasteiger partial charge in [0.15, 0.2) is 12.1 Å². The predicted molar refractivity (Wildman–Crippen MR) is 129 cm³/mol. The van der Waals surface area contributed by atoms with E-state index in [4.69, 9.17) is 4.74 Å². The molecular formula is C26H28N4O4. The van der Waals surface area contributed by atoms with Crippen LogP contribution < -0.4 is 10.1 Å². The Morgan fingerprint density at radius 3 is 2.71 bits per heavy atom. The number of aldehydes is 1. The van der Waals surface area contributed by atoms with E-state index in [1.165, 1.54) is 10.9 Å².